The molecule has 94 valence electrons. The van der Waals surface area contributed by atoms with Gasteiger partial charge in [0.15, 0.2) is 0 Å². The van der Waals surface area contributed by atoms with Crippen molar-refractivity contribution in [1.29, 1.82) is 0 Å². The van der Waals surface area contributed by atoms with E-state index in [0.29, 0.717) is 13.1 Å². The molecular formula is C13H15N3OS. The van der Waals surface area contributed by atoms with Crippen LogP contribution < -0.4 is 5.32 Å². The zero-order valence-electron chi connectivity index (χ0n) is 10.2. The highest BCUT2D eigenvalue weighted by molar-refractivity contribution is 7.09. The average molecular weight is 261 g/mol. The zero-order valence-corrected chi connectivity index (χ0v) is 11.0. The maximum Gasteiger partial charge on any atom is 0.317 e. The number of carbonyl (C=O) groups excluding carboxylic acids is 1. The monoisotopic (exact) mass is 261 g/mol. The number of thiazole rings is 1. The van der Waals surface area contributed by atoms with Crippen LogP contribution in [0.25, 0.3) is 0 Å². The molecule has 5 heteroatoms. The normalized spacial score (nSPS) is 10.1. The molecule has 2 aromatic rings. The molecule has 1 N–H and O–H groups in total. The number of rotatable bonds is 4. The third-order valence-electron chi connectivity index (χ3n) is 2.49. The number of benzene rings is 1. The number of nitrogens with zero attached hydrogens (tertiary/aromatic N) is 2. The molecule has 0 saturated carbocycles. The third kappa shape index (κ3) is 3.56. The minimum absolute atomic E-state index is 0.0888. The Morgan fingerprint density at radius 2 is 2.17 bits per heavy atom. The average Bonchev–Trinajstić information content (AvgIpc) is 2.90. The summed E-state index contributed by atoms with van der Waals surface area (Å²) in [6, 6.07) is 9.76. The van der Waals surface area contributed by atoms with Gasteiger partial charge in [-0.25, -0.2) is 9.78 Å². The van der Waals surface area contributed by atoms with Crippen molar-refractivity contribution in [2.24, 2.45) is 0 Å². The lowest BCUT2D eigenvalue weighted by atomic mass is 10.2. The topological polar surface area (TPSA) is 45.2 Å². The lowest BCUT2D eigenvalue weighted by molar-refractivity contribution is 0.206. The molecule has 2 amide bonds. The van der Waals surface area contributed by atoms with Crippen molar-refractivity contribution in [1.82, 2.24) is 15.2 Å². The highest BCUT2D eigenvalue weighted by Crippen LogP contribution is 2.07. The molecule has 0 aliphatic carbocycles. The molecule has 0 atom stereocenters. The number of urea groups is 1. The largest absolute Gasteiger partial charge is 0.334 e. The first-order valence-corrected chi connectivity index (χ1v) is 6.55. The number of carbonyl (C=O) groups is 1. The van der Waals surface area contributed by atoms with Crippen LogP contribution in [0.3, 0.4) is 0 Å². The van der Waals surface area contributed by atoms with Crippen LogP contribution in [0.4, 0.5) is 4.79 Å². The van der Waals surface area contributed by atoms with Crippen molar-refractivity contribution in [3.8, 4) is 0 Å². The summed E-state index contributed by atoms with van der Waals surface area (Å²) in [6.07, 6.45) is 1.75. The van der Waals surface area contributed by atoms with Crippen LogP contribution in [0.1, 0.15) is 10.6 Å². The quantitative estimate of drug-likeness (QED) is 0.919. The highest BCUT2D eigenvalue weighted by atomic mass is 32.1. The van der Waals surface area contributed by atoms with Gasteiger partial charge in [-0.3, -0.25) is 0 Å². The molecule has 0 radical (unpaired) electrons. The Morgan fingerprint density at radius 3 is 2.83 bits per heavy atom. The van der Waals surface area contributed by atoms with E-state index in [9.17, 15) is 4.79 Å². The first-order chi connectivity index (χ1) is 8.75. The summed E-state index contributed by atoms with van der Waals surface area (Å²) in [7, 11) is 1.77. The number of hydrogen-bond donors (Lipinski definition) is 1. The number of aromatic nitrogens is 1. The maximum atomic E-state index is 11.8. The Kier molecular flexibility index (Phi) is 4.30. The van der Waals surface area contributed by atoms with E-state index < -0.39 is 0 Å². The van der Waals surface area contributed by atoms with Crippen LogP contribution in [0, 0.1) is 0 Å². The summed E-state index contributed by atoms with van der Waals surface area (Å²) in [5.74, 6) is 0. The molecule has 0 unspecified atom stereocenters. The smallest absolute Gasteiger partial charge is 0.317 e. The fraction of sp³-hybridized carbons (Fsp3) is 0.231. The van der Waals surface area contributed by atoms with Gasteiger partial charge in [-0.15, -0.1) is 11.3 Å². The van der Waals surface area contributed by atoms with Gasteiger partial charge in [0.1, 0.15) is 5.01 Å². The van der Waals surface area contributed by atoms with Crippen molar-refractivity contribution in [2.45, 2.75) is 13.1 Å². The van der Waals surface area contributed by atoms with Crippen molar-refractivity contribution >= 4 is 17.4 Å². The Bertz CT molecular complexity index is 484. The fourth-order valence-corrected chi connectivity index (χ4v) is 2.18. The SMILES string of the molecule is CN(Cc1nccs1)C(=O)NCc1ccccc1. The van der Waals surface area contributed by atoms with E-state index in [1.165, 1.54) is 0 Å². The molecular weight excluding hydrogens is 246 g/mol. The van der Waals surface area contributed by atoms with E-state index in [2.05, 4.69) is 10.3 Å². The molecule has 1 aromatic heterocycles. The van der Waals surface area contributed by atoms with Crippen molar-refractivity contribution in [2.75, 3.05) is 7.05 Å². The third-order valence-corrected chi connectivity index (χ3v) is 3.25. The molecule has 0 aliphatic heterocycles. The van der Waals surface area contributed by atoms with E-state index in [1.807, 2.05) is 35.7 Å². The van der Waals surface area contributed by atoms with Gasteiger partial charge in [-0.1, -0.05) is 30.3 Å². The maximum absolute atomic E-state index is 11.8. The first-order valence-electron chi connectivity index (χ1n) is 5.67. The van der Waals surface area contributed by atoms with Crippen molar-refractivity contribution in [3.05, 3.63) is 52.5 Å². The molecule has 0 fully saturated rings. The van der Waals surface area contributed by atoms with Gasteiger partial charge in [-0.2, -0.15) is 0 Å². The number of amides is 2. The van der Waals surface area contributed by atoms with Crippen LogP contribution >= 0.6 is 11.3 Å². The van der Waals surface area contributed by atoms with Crippen LogP contribution in [-0.2, 0) is 13.1 Å². The molecule has 0 saturated heterocycles. The summed E-state index contributed by atoms with van der Waals surface area (Å²) in [5.41, 5.74) is 1.09. The van der Waals surface area contributed by atoms with E-state index in [4.69, 9.17) is 0 Å². The van der Waals surface area contributed by atoms with Crippen LogP contribution in [-0.4, -0.2) is 23.0 Å². The molecule has 4 nitrogen and oxygen atoms in total. The van der Waals surface area contributed by atoms with Crippen LogP contribution in [0.15, 0.2) is 41.9 Å². The molecule has 1 heterocycles. The predicted octanol–water partition coefficient (Wildman–Crippen LogP) is 2.48. The molecule has 0 aliphatic rings. The second-order valence-electron chi connectivity index (χ2n) is 3.93. The molecule has 1 aromatic carbocycles. The molecule has 0 bridgehead atoms. The predicted molar refractivity (Wildman–Crippen MR) is 72.3 cm³/mol. The summed E-state index contributed by atoms with van der Waals surface area (Å²) in [5, 5.41) is 5.72. The Labute approximate surface area is 110 Å². The van der Waals surface area contributed by atoms with E-state index in [-0.39, 0.29) is 6.03 Å². The van der Waals surface area contributed by atoms with E-state index in [0.717, 1.165) is 10.6 Å². The Balaban J connectivity index is 1.81. The standard InChI is InChI=1S/C13H15N3OS/c1-16(10-12-14-7-8-18-12)13(17)15-9-11-5-3-2-4-6-11/h2-8H,9-10H2,1H3,(H,15,17). The molecule has 2 rings (SSSR count). The fourth-order valence-electron chi connectivity index (χ4n) is 1.51. The van der Waals surface area contributed by atoms with Gasteiger partial charge in [0, 0.05) is 25.2 Å². The minimum Gasteiger partial charge on any atom is -0.334 e. The summed E-state index contributed by atoms with van der Waals surface area (Å²) < 4.78 is 0. The van der Waals surface area contributed by atoms with Gasteiger partial charge in [0.2, 0.25) is 0 Å². The second-order valence-corrected chi connectivity index (χ2v) is 4.91. The molecule has 18 heavy (non-hydrogen) atoms. The minimum atomic E-state index is -0.0888. The van der Waals surface area contributed by atoms with Gasteiger partial charge in [0.25, 0.3) is 0 Å². The summed E-state index contributed by atoms with van der Waals surface area (Å²) in [4.78, 5) is 17.6. The van der Waals surface area contributed by atoms with Crippen LogP contribution in [0.2, 0.25) is 0 Å². The van der Waals surface area contributed by atoms with Crippen LogP contribution in [0.5, 0.6) is 0 Å². The van der Waals surface area contributed by atoms with E-state index >= 15 is 0 Å². The van der Waals surface area contributed by atoms with Gasteiger partial charge in [-0.05, 0) is 5.56 Å². The van der Waals surface area contributed by atoms with Crippen molar-refractivity contribution in [3.63, 3.8) is 0 Å². The molecule has 0 spiro atoms. The first kappa shape index (κ1) is 12.6. The number of nitrogens with one attached hydrogen (secondary N) is 1. The summed E-state index contributed by atoms with van der Waals surface area (Å²) in [6.45, 7) is 1.08. The highest BCUT2D eigenvalue weighted by Gasteiger charge is 2.09. The Hall–Kier alpha value is -1.88. The zero-order chi connectivity index (χ0) is 12.8. The van der Waals surface area contributed by atoms with Gasteiger partial charge in [0.05, 0.1) is 6.54 Å². The lowest BCUT2D eigenvalue weighted by Gasteiger charge is -2.16. The Morgan fingerprint density at radius 1 is 1.39 bits per heavy atom. The van der Waals surface area contributed by atoms with Gasteiger partial charge >= 0.3 is 6.03 Å². The van der Waals surface area contributed by atoms with Gasteiger partial charge < -0.3 is 10.2 Å². The summed E-state index contributed by atoms with van der Waals surface area (Å²) >= 11 is 1.55. The van der Waals surface area contributed by atoms with Crippen molar-refractivity contribution < 1.29 is 4.79 Å². The number of hydrogen-bond acceptors (Lipinski definition) is 3. The second kappa shape index (κ2) is 6.16. The lowest BCUT2D eigenvalue weighted by Crippen LogP contribution is -2.36. The van der Waals surface area contributed by atoms with E-state index in [1.54, 1.807) is 29.5 Å².